The average Bonchev–Trinajstić information content (AvgIpc) is 2.84. The zero-order valence-electron chi connectivity index (χ0n) is 11.8. The number of rotatable bonds is 3. The van der Waals surface area contributed by atoms with Crippen LogP contribution in [0.25, 0.3) is 0 Å². The number of hydrogen-bond acceptors (Lipinski definition) is 1. The van der Waals surface area contributed by atoms with Gasteiger partial charge in [0.1, 0.15) is 5.82 Å². The quantitative estimate of drug-likeness (QED) is 0.852. The molecule has 1 unspecified atom stereocenters. The van der Waals surface area contributed by atoms with Gasteiger partial charge in [-0.1, -0.05) is 31.4 Å². The Morgan fingerprint density at radius 3 is 2.74 bits per heavy atom. The van der Waals surface area contributed by atoms with E-state index in [0.29, 0.717) is 12.1 Å². The minimum atomic E-state index is -0.0212. The molecule has 1 aromatic carbocycles. The first-order valence-electron chi connectivity index (χ1n) is 7.79. The Hall–Kier alpha value is -0.890. The second kappa shape index (κ2) is 5.62. The molecule has 1 saturated carbocycles. The standard InChI is InChI=1S/C17H24FN/c1-12(13-6-3-2-4-7-13)19-17-11-10-14-15(17)8-5-9-16(14)18/h5,8-9,12-13,17,19H,2-4,6-7,10-11H2,1H3/t12-,17?/m0/s1. The Morgan fingerprint density at radius 1 is 1.16 bits per heavy atom. The summed E-state index contributed by atoms with van der Waals surface area (Å²) in [5.74, 6) is 0.790. The fourth-order valence-corrected chi connectivity index (χ4v) is 3.87. The van der Waals surface area contributed by atoms with Crippen molar-refractivity contribution < 1.29 is 4.39 Å². The maximum Gasteiger partial charge on any atom is 0.126 e. The number of hydrogen-bond donors (Lipinski definition) is 1. The zero-order valence-corrected chi connectivity index (χ0v) is 11.8. The van der Waals surface area contributed by atoms with E-state index in [9.17, 15) is 4.39 Å². The molecule has 3 rings (SSSR count). The number of nitrogens with one attached hydrogen (secondary N) is 1. The summed E-state index contributed by atoms with van der Waals surface area (Å²) in [7, 11) is 0. The van der Waals surface area contributed by atoms with Gasteiger partial charge in [-0.3, -0.25) is 0 Å². The number of benzene rings is 1. The first-order valence-corrected chi connectivity index (χ1v) is 7.79. The van der Waals surface area contributed by atoms with Crippen molar-refractivity contribution in [2.75, 3.05) is 0 Å². The monoisotopic (exact) mass is 261 g/mol. The van der Waals surface area contributed by atoms with Crippen molar-refractivity contribution in [3.63, 3.8) is 0 Å². The van der Waals surface area contributed by atoms with Crippen molar-refractivity contribution in [3.8, 4) is 0 Å². The SMILES string of the molecule is C[C@H](NC1CCc2c(F)cccc21)C1CCCCC1. The van der Waals surface area contributed by atoms with Crippen LogP contribution in [0.3, 0.4) is 0 Å². The van der Waals surface area contributed by atoms with Crippen LogP contribution in [0.4, 0.5) is 4.39 Å². The Kier molecular flexibility index (Phi) is 3.88. The Balaban J connectivity index is 1.67. The van der Waals surface area contributed by atoms with Gasteiger partial charge in [-0.05, 0) is 55.7 Å². The van der Waals surface area contributed by atoms with Crippen LogP contribution in [-0.2, 0) is 6.42 Å². The van der Waals surface area contributed by atoms with Gasteiger partial charge in [0.2, 0.25) is 0 Å². The van der Waals surface area contributed by atoms with Crippen LogP contribution >= 0.6 is 0 Å². The third kappa shape index (κ3) is 2.69. The third-order valence-electron chi connectivity index (χ3n) is 5.03. The highest BCUT2D eigenvalue weighted by atomic mass is 19.1. The highest BCUT2D eigenvalue weighted by molar-refractivity contribution is 5.35. The van der Waals surface area contributed by atoms with E-state index in [-0.39, 0.29) is 5.82 Å². The lowest BCUT2D eigenvalue weighted by atomic mass is 9.84. The molecular weight excluding hydrogens is 237 g/mol. The second-order valence-corrected chi connectivity index (χ2v) is 6.25. The van der Waals surface area contributed by atoms with Gasteiger partial charge in [0.25, 0.3) is 0 Å². The Labute approximate surface area is 115 Å². The molecule has 0 saturated heterocycles. The highest BCUT2D eigenvalue weighted by Crippen LogP contribution is 2.34. The molecule has 2 atom stereocenters. The second-order valence-electron chi connectivity index (χ2n) is 6.25. The normalized spacial score (nSPS) is 25.3. The molecular formula is C17H24FN. The van der Waals surface area contributed by atoms with Gasteiger partial charge in [0.15, 0.2) is 0 Å². The third-order valence-corrected chi connectivity index (χ3v) is 5.03. The van der Waals surface area contributed by atoms with E-state index >= 15 is 0 Å². The molecule has 2 aliphatic rings. The maximum absolute atomic E-state index is 13.7. The predicted molar refractivity (Wildman–Crippen MR) is 76.6 cm³/mol. The topological polar surface area (TPSA) is 12.0 Å². The van der Waals surface area contributed by atoms with Crippen molar-refractivity contribution in [3.05, 3.63) is 35.1 Å². The van der Waals surface area contributed by atoms with Crippen molar-refractivity contribution >= 4 is 0 Å². The van der Waals surface area contributed by atoms with Gasteiger partial charge >= 0.3 is 0 Å². The summed E-state index contributed by atoms with van der Waals surface area (Å²) in [4.78, 5) is 0. The van der Waals surface area contributed by atoms with E-state index in [1.54, 1.807) is 6.07 Å². The maximum atomic E-state index is 13.7. The fourth-order valence-electron chi connectivity index (χ4n) is 3.87. The molecule has 2 heteroatoms. The van der Waals surface area contributed by atoms with Gasteiger partial charge in [-0.2, -0.15) is 0 Å². The molecule has 1 fully saturated rings. The van der Waals surface area contributed by atoms with Gasteiger partial charge < -0.3 is 5.32 Å². The molecule has 1 nitrogen and oxygen atoms in total. The van der Waals surface area contributed by atoms with Gasteiger partial charge in [-0.15, -0.1) is 0 Å². The van der Waals surface area contributed by atoms with Crippen molar-refractivity contribution in [1.82, 2.24) is 5.32 Å². The van der Waals surface area contributed by atoms with Crippen LogP contribution in [0.5, 0.6) is 0 Å². The number of fused-ring (bicyclic) bond motifs is 1. The molecule has 2 aliphatic carbocycles. The first-order chi connectivity index (χ1) is 9.25. The molecule has 0 aromatic heterocycles. The lowest BCUT2D eigenvalue weighted by molar-refractivity contribution is 0.264. The van der Waals surface area contributed by atoms with Crippen LogP contribution in [0.15, 0.2) is 18.2 Å². The molecule has 1 aromatic rings. The molecule has 1 N–H and O–H groups in total. The highest BCUT2D eigenvalue weighted by Gasteiger charge is 2.28. The van der Waals surface area contributed by atoms with Crippen molar-refractivity contribution in [2.24, 2.45) is 5.92 Å². The zero-order chi connectivity index (χ0) is 13.2. The van der Waals surface area contributed by atoms with Crippen LogP contribution in [0, 0.1) is 11.7 Å². The molecule has 0 aliphatic heterocycles. The minimum Gasteiger partial charge on any atom is -0.307 e. The van der Waals surface area contributed by atoms with Crippen molar-refractivity contribution in [1.29, 1.82) is 0 Å². The van der Waals surface area contributed by atoms with Crippen LogP contribution in [0.1, 0.15) is 62.6 Å². The van der Waals surface area contributed by atoms with E-state index < -0.39 is 0 Å². The summed E-state index contributed by atoms with van der Waals surface area (Å²) in [5, 5.41) is 3.77. The summed E-state index contributed by atoms with van der Waals surface area (Å²) in [6.07, 6.45) is 8.82. The summed E-state index contributed by atoms with van der Waals surface area (Å²) in [5.41, 5.74) is 2.14. The smallest absolute Gasteiger partial charge is 0.126 e. The van der Waals surface area contributed by atoms with E-state index in [4.69, 9.17) is 0 Å². The molecule has 104 valence electrons. The largest absolute Gasteiger partial charge is 0.307 e. The molecule has 0 bridgehead atoms. The summed E-state index contributed by atoms with van der Waals surface area (Å²) in [6, 6.07) is 6.45. The average molecular weight is 261 g/mol. The van der Waals surface area contributed by atoms with E-state index in [0.717, 1.165) is 24.3 Å². The van der Waals surface area contributed by atoms with Crippen LogP contribution in [-0.4, -0.2) is 6.04 Å². The fraction of sp³-hybridized carbons (Fsp3) is 0.647. The van der Waals surface area contributed by atoms with E-state index in [1.165, 1.54) is 37.7 Å². The van der Waals surface area contributed by atoms with Crippen LogP contribution < -0.4 is 5.32 Å². The summed E-state index contributed by atoms with van der Waals surface area (Å²) in [6.45, 7) is 2.31. The van der Waals surface area contributed by atoms with E-state index in [1.807, 2.05) is 6.07 Å². The first kappa shape index (κ1) is 13.1. The molecule has 0 radical (unpaired) electrons. The summed E-state index contributed by atoms with van der Waals surface area (Å²) >= 11 is 0. The lowest BCUT2D eigenvalue weighted by Crippen LogP contribution is -2.36. The predicted octanol–water partition coefficient (Wildman–Crippen LogP) is 4.37. The van der Waals surface area contributed by atoms with Gasteiger partial charge in [0.05, 0.1) is 0 Å². The lowest BCUT2D eigenvalue weighted by Gasteiger charge is -2.31. The van der Waals surface area contributed by atoms with E-state index in [2.05, 4.69) is 18.3 Å². The minimum absolute atomic E-state index is 0.0212. The summed E-state index contributed by atoms with van der Waals surface area (Å²) < 4.78 is 13.7. The van der Waals surface area contributed by atoms with Gasteiger partial charge in [0, 0.05) is 12.1 Å². The van der Waals surface area contributed by atoms with Gasteiger partial charge in [-0.25, -0.2) is 4.39 Å². The Morgan fingerprint density at radius 2 is 1.95 bits per heavy atom. The molecule has 0 spiro atoms. The van der Waals surface area contributed by atoms with Crippen LogP contribution in [0.2, 0.25) is 0 Å². The number of halogens is 1. The van der Waals surface area contributed by atoms with Crippen molar-refractivity contribution in [2.45, 2.75) is 64.0 Å². The Bertz CT molecular complexity index is 437. The molecule has 0 heterocycles. The molecule has 19 heavy (non-hydrogen) atoms. The molecule has 0 amide bonds.